The fourth-order valence-corrected chi connectivity index (χ4v) is 13.3. The van der Waals surface area contributed by atoms with Crippen molar-refractivity contribution in [3.05, 3.63) is 0 Å². The lowest BCUT2D eigenvalue weighted by Crippen LogP contribution is -2.30. The molecule has 0 aromatic rings. The highest BCUT2D eigenvalue weighted by molar-refractivity contribution is 7.47. The molecule has 17 nitrogen and oxygen atoms in total. The summed E-state index contributed by atoms with van der Waals surface area (Å²) in [5, 5.41) is 10.6. The average Bonchev–Trinajstić information content (AvgIpc) is 3.71. The van der Waals surface area contributed by atoms with Gasteiger partial charge in [0.15, 0.2) is 12.2 Å². The Labute approximate surface area is 588 Å². The molecule has 0 spiro atoms. The summed E-state index contributed by atoms with van der Waals surface area (Å²) < 4.78 is 68.5. The second-order valence-corrected chi connectivity index (χ2v) is 32.3. The number of carbonyl (C=O) groups is 4. The first-order chi connectivity index (χ1) is 46.1. The van der Waals surface area contributed by atoms with Crippen molar-refractivity contribution < 1.29 is 80.2 Å². The van der Waals surface area contributed by atoms with Gasteiger partial charge < -0.3 is 33.8 Å². The third-order valence-electron chi connectivity index (χ3n) is 18.2. The molecule has 0 aromatic heterocycles. The minimum Gasteiger partial charge on any atom is -0.462 e. The van der Waals surface area contributed by atoms with Gasteiger partial charge >= 0.3 is 39.5 Å². The van der Waals surface area contributed by atoms with E-state index in [9.17, 15) is 43.2 Å². The summed E-state index contributed by atoms with van der Waals surface area (Å²) in [5.74, 6) is 0.929. The molecule has 0 bridgehead atoms. The number of aliphatic hydroxyl groups is 1. The van der Waals surface area contributed by atoms with E-state index in [-0.39, 0.29) is 25.7 Å². The van der Waals surface area contributed by atoms with Gasteiger partial charge in [-0.15, -0.1) is 0 Å². The largest absolute Gasteiger partial charge is 0.472 e. The summed E-state index contributed by atoms with van der Waals surface area (Å²) in [6, 6.07) is 0. The zero-order valence-electron chi connectivity index (χ0n) is 63.0. The highest BCUT2D eigenvalue weighted by Gasteiger charge is 2.30. The van der Waals surface area contributed by atoms with E-state index in [1.54, 1.807) is 0 Å². The van der Waals surface area contributed by atoms with Crippen molar-refractivity contribution >= 4 is 39.5 Å². The van der Waals surface area contributed by atoms with Crippen LogP contribution in [0.25, 0.3) is 0 Å². The van der Waals surface area contributed by atoms with Crippen LogP contribution in [0.4, 0.5) is 0 Å². The number of unbranched alkanes of at least 4 members (excludes halogenated alkanes) is 39. The molecular formula is C77H150O17P2. The third-order valence-corrected chi connectivity index (χ3v) is 20.1. The number of esters is 4. The van der Waals surface area contributed by atoms with Crippen molar-refractivity contribution in [2.24, 2.45) is 23.7 Å². The van der Waals surface area contributed by atoms with Crippen LogP contribution in [0.1, 0.15) is 389 Å². The van der Waals surface area contributed by atoms with E-state index in [0.717, 1.165) is 120 Å². The fraction of sp³-hybridized carbons (Fsp3) is 0.948. The van der Waals surface area contributed by atoms with Crippen LogP contribution in [0.3, 0.4) is 0 Å². The molecule has 96 heavy (non-hydrogen) atoms. The molecule has 0 rings (SSSR count). The minimum absolute atomic E-state index is 0.103. The second kappa shape index (κ2) is 66.3. The van der Waals surface area contributed by atoms with Crippen molar-refractivity contribution in [2.75, 3.05) is 39.6 Å². The van der Waals surface area contributed by atoms with Crippen molar-refractivity contribution in [1.29, 1.82) is 0 Å². The Morgan fingerprint density at radius 1 is 0.292 bits per heavy atom. The summed E-state index contributed by atoms with van der Waals surface area (Å²) in [5.41, 5.74) is 0. The first kappa shape index (κ1) is 94.1. The van der Waals surface area contributed by atoms with E-state index in [4.69, 9.17) is 37.0 Å². The molecule has 0 amide bonds. The molecule has 0 aliphatic carbocycles. The summed E-state index contributed by atoms with van der Waals surface area (Å²) in [7, 11) is -9.91. The van der Waals surface area contributed by atoms with Crippen LogP contribution in [-0.2, 0) is 65.4 Å². The number of phosphoric acid groups is 2. The van der Waals surface area contributed by atoms with Crippen molar-refractivity contribution in [1.82, 2.24) is 0 Å². The molecule has 19 heteroatoms. The van der Waals surface area contributed by atoms with Gasteiger partial charge in [-0.1, -0.05) is 338 Å². The van der Waals surface area contributed by atoms with Crippen LogP contribution in [-0.4, -0.2) is 96.7 Å². The van der Waals surface area contributed by atoms with E-state index in [1.165, 1.54) is 186 Å². The number of aliphatic hydroxyl groups excluding tert-OH is 1. The molecule has 6 atom stereocenters. The van der Waals surface area contributed by atoms with Crippen LogP contribution in [0.15, 0.2) is 0 Å². The van der Waals surface area contributed by atoms with E-state index < -0.39 is 97.5 Å². The van der Waals surface area contributed by atoms with Gasteiger partial charge in [0.2, 0.25) is 0 Å². The molecule has 0 radical (unpaired) electrons. The van der Waals surface area contributed by atoms with Crippen LogP contribution < -0.4 is 0 Å². The van der Waals surface area contributed by atoms with Gasteiger partial charge in [0, 0.05) is 25.7 Å². The van der Waals surface area contributed by atoms with Crippen molar-refractivity contribution in [2.45, 2.75) is 408 Å². The van der Waals surface area contributed by atoms with Gasteiger partial charge in [-0.25, -0.2) is 9.13 Å². The number of carbonyl (C=O) groups excluding carboxylic acids is 4. The lowest BCUT2D eigenvalue weighted by atomic mass is 10.00. The van der Waals surface area contributed by atoms with Crippen LogP contribution in [0, 0.1) is 23.7 Å². The molecule has 570 valence electrons. The molecule has 0 aliphatic rings. The Kier molecular flexibility index (Phi) is 65.0. The monoisotopic (exact) mass is 1410 g/mol. The topological polar surface area (TPSA) is 237 Å². The highest BCUT2D eigenvalue weighted by atomic mass is 31.2. The summed E-state index contributed by atoms with van der Waals surface area (Å²) >= 11 is 0. The van der Waals surface area contributed by atoms with Gasteiger partial charge in [-0.05, 0) is 49.4 Å². The van der Waals surface area contributed by atoms with Gasteiger partial charge in [0.1, 0.15) is 19.3 Å². The predicted molar refractivity (Wildman–Crippen MR) is 391 cm³/mol. The van der Waals surface area contributed by atoms with E-state index in [1.807, 2.05) is 0 Å². The van der Waals surface area contributed by atoms with Crippen LogP contribution in [0.2, 0.25) is 0 Å². The first-order valence-electron chi connectivity index (χ1n) is 39.7. The Morgan fingerprint density at radius 2 is 0.500 bits per heavy atom. The maximum Gasteiger partial charge on any atom is 0.472 e. The second-order valence-electron chi connectivity index (χ2n) is 29.4. The lowest BCUT2D eigenvalue weighted by Gasteiger charge is -2.21. The standard InChI is InChI=1S/C77H150O17P2/c1-9-70(8)56-48-40-35-36-42-50-58-75(80)88-64-73(94-77(82)60-52-44-34-28-27-31-39-47-55-69(6)7)66-92-96(85,86)90-62-71(78)61-89-95(83,84)91-65-72(63-87-74(79)57-49-41-32-25-21-17-14-13-16-20-24-30-38-46-54-68(4)5)93-76(81)59-51-43-33-26-22-18-12-10-11-15-19-23-29-37-45-53-67(2)3/h67-73,78H,9-66H2,1-8H3,(H,83,84)(H,85,86)/t70?,71-,72-,73-/m1/s1. The van der Waals surface area contributed by atoms with Gasteiger partial charge in [0.05, 0.1) is 26.4 Å². The average molecular weight is 1410 g/mol. The fourth-order valence-electron chi connectivity index (χ4n) is 11.7. The van der Waals surface area contributed by atoms with Crippen LogP contribution >= 0.6 is 15.6 Å². The molecule has 0 aromatic carbocycles. The molecule has 3 N–H and O–H groups in total. The molecule has 3 unspecified atom stereocenters. The molecular weight excluding hydrogens is 1260 g/mol. The smallest absolute Gasteiger partial charge is 0.462 e. The molecule has 0 heterocycles. The maximum absolute atomic E-state index is 13.1. The number of phosphoric ester groups is 2. The third kappa shape index (κ3) is 69.2. The van der Waals surface area contributed by atoms with E-state index in [2.05, 4.69) is 55.4 Å². The Morgan fingerprint density at radius 3 is 0.740 bits per heavy atom. The minimum atomic E-state index is -4.96. The van der Waals surface area contributed by atoms with E-state index in [0.29, 0.717) is 25.7 Å². The number of hydrogen-bond acceptors (Lipinski definition) is 15. The predicted octanol–water partition coefficient (Wildman–Crippen LogP) is 22.4. The van der Waals surface area contributed by atoms with Crippen molar-refractivity contribution in [3.63, 3.8) is 0 Å². The van der Waals surface area contributed by atoms with Gasteiger partial charge in [0.25, 0.3) is 0 Å². The van der Waals surface area contributed by atoms with Crippen molar-refractivity contribution in [3.8, 4) is 0 Å². The number of ether oxygens (including phenoxy) is 4. The normalized spacial score (nSPS) is 14.4. The lowest BCUT2D eigenvalue weighted by molar-refractivity contribution is -0.161. The SMILES string of the molecule is CCC(C)CCCCCCCCC(=O)OC[C@H](COP(=O)(O)OC[C@H](O)COP(=O)(O)OC[C@@H](COC(=O)CCCCCCCCCCCCCCCCC(C)C)OC(=O)CCCCCCCCCCCCCCCCCC(C)C)OC(=O)CCCCCCCCCCC(C)C. The molecule has 0 fully saturated rings. The maximum atomic E-state index is 13.1. The first-order valence-corrected chi connectivity index (χ1v) is 42.7. The highest BCUT2D eigenvalue weighted by Crippen LogP contribution is 2.45. The van der Waals surface area contributed by atoms with Crippen LogP contribution in [0.5, 0.6) is 0 Å². The summed E-state index contributed by atoms with van der Waals surface area (Å²) in [4.78, 5) is 72.8. The Bertz CT molecular complexity index is 1890. The summed E-state index contributed by atoms with van der Waals surface area (Å²) in [6.07, 6.45) is 51.4. The van der Waals surface area contributed by atoms with Gasteiger partial charge in [-0.3, -0.25) is 37.3 Å². The Hall–Kier alpha value is -1.94. The summed E-state index contributed by atoms with van der Waals surface area (Å²) in [6.45, 7) is 14.2. The molecule has 0 saturated carbocycles. The zero-order valence-corrected chi connectivity index (χ0v) is 64.8. The van der Waals surface area contributed by atoms with Gasteiger partial charge in [-0.2, -0.15) is 0 Å². The molecule has 0 aliphatic heterocycles. The quantitative estimate of drug-likeness (QED) is 0.0222. The Balaban J connectivity index is 5.24. The number of rotatable bonds is 74. The zero-order chi connectivity index (χ0) is 71.0. The number of hydrogen-bond donors (Lipinski definition) is 3. The van der Waals surface area contributed by atoms with E-state index >= 15 is 0 Å². The molecule has 0 saturated heterocycles.